The first kappa shape index (κ1) is 13.3. The van der Waals surface area contributed by atoms with Crippen LogP contribution in [0.1, 0.15) is 42.4 Å². The Kier molecular flexibility index (Phi) is 3.94. The lowest BCUT2D eigenvalue weighted by Crippen LogP contribution is -2.07. The zero-order valence-electron chi connectivity index (χ0n) is 10.7. The molecule has 0 saturated carbocycles. The summed E-state index contributed by atoms with van der Waals surface area (Å²) in [6.07, 6.45) is 3.69. The third-order valence-corrected chi connectivity index (χ3v) is 2.91. The van der Waals surface area contributed by atoms with Crippen LogP contribution in [0.5, 0.6) is 0 Å². The number of fused-ring (bicyclic) bond motifs is 1. The van der Waals surface area contributed by atoms with E-state index in [2.05, 4.69) is 11.9 Å². The molecular weight excluding hydrogens is 246 g/mol. The van der Waals surface area contributed by atoms with E-state index in [4.69, 9.17) is 9.52 Å². The lowest BCUT2D eigenvalue weighted by molar-refractivity contribution is 0.0697. The molecule has 0 unspecified atom stereocenters. The topological polar surface area (TPSA) is 80.4 Å². The average molecular weight is 261 g/mol. The number of benzene rings is 1. The van der Waals surface area contributed by atoms with Crippen LogP contribution in [0.25, 0.3) is 10.9 Å². The molecule has 100 valence electrons. The molecule has 5 nitrogen and oxygen atoms in total. The Morgan fingerprint density at radius 2 is 2.16 bits per heavy atom. The first-order valence-electron chi connectivity index (χ1n) is 6.29. The number of unbranched alkanes of at least 4 members (excludes halogenated alkanes) is 2. The van der Waals surface area contributed by atoms with E-state index in [0.29, 0.717) is 17.8 Å². The van der Waals surface area contributed by atoms with Crippen LogP contribution in [0.15, 0.2) is 27.4 Å². The first-order chi connectivity index (χ1) is 9.11. The molecule has 0 bridgehead atoms. The number of nitrogens with zero attached hydrogens (tertiary/aromatic N) is 1. The molecule has 0 atom stereocenters. The fraction of sp³-hybridized carbons (Fsp3) is 0.357. The summed E-state index contributed by atoms with van der Waals surface area (Å²) in [6.45, 7) is 2.09. The molecule has 19 heavy (non-hydrogen) atoms. The quantitative estimate of drug-likeness (QED) is 0.837. The number of aryl methyl sites for hydroxylation is 1. The molecule has 0 radical (unpaired) electrons. The van der Waals surface area contributed by atoms with Crippen molar-refractivity contribution in [2.45, 2.75) is 32.6 Å². The number of carboxylic acid groups (broad SMARTS) is 1. The van der Waals surface area contributed by atoms with Crippen molar-refractivity contribution >= 4 is 16.9 Å². The summed E-state index contributed by atoms with van der Waals surface area (Å²) in [5.41, 5.74) is 0.00711. The highest BCUT2D eigenvalue weighted by Gasteiger charge is 2.10. The van der Waals surface area contributed by atoms with Gasteiger partial charge in [-0.3, -0.25) is 0 Å². The maximum absolute atomic E-state index is 11.8. The third kappa shape index (κ3) is 2.99. The van der Waals surface area contributed by atoms with Crippen molar-refractivity contribution in [3.05, 3.63) is 40.1 Å². The minimum Gasteiger partial charge on any atom is -0.478 e. The molecule has 0 aliphatic heterocycles. The molecule has 1 heterocycles. The van der Waals surface area contributed by atoms with E-state index < -0.39 is 11.6 Å². The average Bonchev–Trinajstić information content (AvgIpc) is 2.38. The SMILES string of the molecule is CCCCCc1nc2ccc(C(=O)O)cc2c(=O)o1. The predicted molar refractivity (Wildman–Crippen MR) is 70.5 cm³/mol. The molecule has 5 heteroatoms. The number of aromatic carboxylic acids is 1. The summed E-state index contributed by atoms with van der Waals surface area (Å²) < 4.78 is 5.11. The van der Waals surface area contributed by atoms with Crippen molar-refractivity contribution in [2.75, 3.05) is 0 Å². The van der Waals surface area contributed by atoms with Gasteiger partial charge in [0.1, 0.15) is 0 Å². The fourth-order valence-corrected chi connectivity index (χ4v) is 1.88. The van der Waals surface area contributed by atoms with Gasteiger partial charge >= 0.3 is 11.6 Å². The van der Waals surface area contributed by atoms with Crippen molar-refractivity contribution in [3.63, 3.8) is 0 Å². The van der Waals surface area contributed by atoms with Gasteiger partial charge in [0.25, 0.3) is 0 Å². The highest BCUT2D eigenvalue weighted by molar-refractivity contribution is 5.92. The van der Waals surface area contributed by atoms with Gasteiger partial charge in [-0.2, -0.15) is 0 Å². The molecule has 2 aromatic rings. The molecule has 0 saturated heterocycles. The van der Waals surface area contributed by atoms with Crippen LogP contribution in [0, 0.1) is 0 Å². The molecule has 1 aromatic carbocycles. The molecule has 1 aromatic heterocycles. The monoisotopic (exact) mass is 261 g/mol. The number of hydrogen-bond donors (Lipinski definition) is 1. The van der Waals surface area contributed by atoms with Crippen molar-refractivity contribution in [1.82, 2.24) is 4.98 Å². The van der Waals surface area contributed by atoms with Gasteiger partial charge in [0, 0.05) is 6.42 Å². The van der Waals surface area contributed by atoms with E-state index in [9.17, 15) is 9.59 Å². The van der Waals surface area contributed by atoms with Crippen molar-refractivity contribution in [2.24, 2.45) is 0 Å². The Labute approximate surface area is 109 Å². The fourth-order valence-electron chi connectivity index (χ4n) is 1.88. The molecular formula is C14H15NO4. The van der Waals surface area contributed by atoms with Gasteiger partial charge in [0.15, 0.2) is 5.89 Å². The van der Waals surface area contributed by atoms with Gasteiger partial charge in [-0.25, -0.2) is 14.6 Å². The Balaban J connectivity index is 2.39. The lowest BCUT2D eigenvalue weighted by Gasteiger charge is -2.02. The lowest BCUT2D eigenvalue weighted by atomic mass is 10.1. The van der Waals surface area contributed by atoms with E-state index in [1.807, 2.05) is 0 Å². The van der Waals surface area contributed by atoms with Crippen LogP contribution in [0.4, 0.5) is 0 Å². The minimum absolute atomic E-state index is 0.0559. The highest BCUT2D eigenvalue weighted by atomic mass is 16.4. The smallest absolute Gasteiger partial charge is 0.346 e. The Bertz CT molecular complexity index is 660. The summed E-state index contributed by atoms with van der Waals surface area (Å²) in [4.78, 5) is 26.9. The van der Waals surface area contributed by atoms with Crippen LogP contribution in [-0.2, 0) is 6.42 Å². The maximum atomic E-state index is 11.8. The predicted octanol–water partition coefficient (Wildman–Crippen LogP) is 2.62. The second-order valence-electron chi connectivity index (χ2n) is 4.39. The number of rotatable bonds is 5. The largest absolute Gasteiger partial charge is 0.478 e. The van der Waals surface area contributed by atoms with Gasteiger partial charge in [0.05, 0.1) is 16.5 Å². The van der Waals surface area contributed by atoms with Crippen molar-refractivity contribution < 1.29 is 14.3 Å². The second-order valence-corrected chi connectivity index (χ2v) is 4.39. The summed E-state index contributed by atoms with van der Waals surface area (Å²) in [6, 6.07) is 4.28. The number of carbonyl (C=O) groups is 1. The van der Waals surface area contributed by atoms with Crippen LogP contribution in [0.2, 0.25) is 0 Å². The van der Waals surface area contributed by atoms with Gasteiger partial charge in [-0.15, -0.1) is 0 Å². The van der Waals surface area contributed by atoms with Crippen LogP contribution in [-0.4, -0.2) is 16.1 Å². The van der Waals surface area contributed by atoms with E-state index in [1.165, 1.54) is 12.1 Å². The molecule has 2 rings (SSSR count). The van der Waals surface area contributed by atoms with Crippen LogP contribution >= 0.6 is 0 Å². The van der Waals surface area contributed by atoms with Crippen LogP contribution in [0.3, 0.4) is 0 Å². The Morgan fingerprint density at radius 3 is 2.84 bits per heavy atom. The van der Waals surface area contributed by atoms with Gasteiger partial charge < -0.3 is 9.52 Å². The van der Waals surface area contributed by atoms with Crippen molar-refractivity contribution in [3.8, 4) is 0 Å². The number of aromatic nitrogens is 1. The molecule has 0 fully saturated rings. The number of carboxylic acids is 1. The van der Waals surface area contributed by atoms with E-state index in [0.717, 1.165) is 19.3 Å². The van der Waals surface area contributed by atoms with Gasteiger partial charge in [0.2, 0.25) is 0 Å². The van der Waals surface area contributed by atoms with Gasteiger partial charge in [-0.05, 0) is 24.6 Å². The molecule has 0 spiro atoms. The molecule has 0 amide bonds. The second kappa shape index (κ2) is 5.65. The van der Waals surface area contributed by atoms with Gasteiger partial charge in [-0.1, -0.05) is 19.8 Å². The number of hydrogen-bond acceptors (Lipinski definition) is 4. The standard InChI is InChI=1S/C14H15NO4/c1-2-3-4-5-12-15-11-7-6-9(13(16)17)8-10(11)14(18)19-12/h6-8H,2-5H2,1H3,(H,16,17). The summed E-state index contributed by atoms with van der Waals surface area (Å²) in [5, 5.41) is 9.09. The van der Waals surface area contributed by atoms with E-state index in [-0.39, 0.29) is 10.9 Å². The molecule has 1 N–H and O–H groups in total. The minimum atomic E-state index is -1.08. The molecule has 0 aliphatic rings. The normalized spacial score (nSPS) is 10.8. The maximum Gasteiger partial charge on any atom is 0.346 e. The summed E-state index contributed by atoms with van der Waals surface area (Å²) >= 11 is 0. The van der Waals surface area contributed by atoms with E-state index in [1.54, 1.807) is 6.07 Å². The Morgan fingerprint density at radius 1 is 1.37 bits per heavy atom. The van der Waals surface area contributed by atoms with Crippen molar-refractivity contribution in [1.29, 1.82) is 0 Å². The third-order valence-electron chi connectivity index (χ3n) is 2.91. The zero-order chi connectivity index (χ0) is 13.8. The first-order valence-corrected chi connectivity index (χ1v) is 6.29. The van der Waals surface area contributed by atoms with Crippen LogP contribution < -0.4 is 5.63 Å². The summed E-state index contributed by atoms with van der Waals surface area (Å²) in [5.74, 6) is -0.664. The van der Waals surface area contributed by atoms with E-state index >= 15 is 0 Å². The Hall–Kier alpha value is -2.17. The summed E-state index contributed by atoms with van der Waals surface area (Å²) in [7, 11) is 0. The molecule has 0 aliphatic carbocycles. The highest BCUT2D eigenvalue weighted by Crippen LogP contribution is 2.12. The zero-order valence-corrected chi connectivity index (χ0v) is 10.7.